The molecule has 2 aliphatic rings. The number of amides is 1. The van der Waals surface area contributed by atoms with Gasteiger partial charge in [0, 0.05) is 12.0 Å². The molecule has 0 saturated carbocycles. The third-order valence-corrected chi connectivity index (χ3v) is 8.22. The molecule has 2 aliphatic heterocycles. The Morgan fingerprint density at radius 2 is 1.88 bits per heavy atom. The summed E-state index contributed by atoms with van der Waals surface area (Å²) in [7, 11) is 3.04. The zero-order valence-electron chi connectivity index (χ0n) is 23.0. The average Bonchev–Trinajstić information content (AvgIpc) is 3.64. The largest absolute Gasteiger partial charge is 0.507 e. The summed E-state index contributed by atoms with van der Waals surface area (Å²) >= 11 is 1.27. The normalized spacial score (nSPS) is 19.4. The predicted molar refractivity (Wildman–Crippen MR) is 155 cm³/mol. The minimum Gasteiger partial charge on any atom is -0.507 e. The Morgan fingerprint density at radius 1 is 1.07 bits per heavy atom. The number of anilines is 1. The molecule has 0 aliphatic carbocycles. The van der Waals surface area contributed by atoms with E-state index in [-0.39, 0.29) is 17.4 Å². The molecule has 9 nitrogen and oxygen atoms in total. The molecule has 1 amide bonds. The molecule has 41 heavy (non-hydrogen) atoms. The van der Waals surface area contributed by atoms with E-state index in [0.717, 1.165) is 16.0 Å². The number of ether oxygens (including phenoxy) is 4. The van der Waals surface area contributed by atoms with Crippen molar-refractivity contribution in [1.82, 2.24) is 4.98 Å². The lowest BCUT2D eigenvalue weighted by Crippen LogP contribution is -2.29. The summed E-state index contributed by atoms with van der Waals surface area (Å²) in [6.07, 6.45) is 0.696. The molecule has 10 heteroatoms. The Balaban J connectivity index is 1.53. The molecule has 210 valence electrons. The van der Waals surface area contributed by atoms with Gasteiger partial charge in [-0.25, -0.2) is 4.98 Å². The van der Waals surface area contributed by atoms with Gasteiger partial charge in [0.25, 0.3) is 5.78 Å². The van der Waals surface area contributed by atoms with Crippen molar-refractivity contribution >= 4 is 44.1 Å². The third-order valence-electron chi connectivity index (χ3n) is 7.20. The van der Waals surface area contributed by atoms with Gasteiger partial charge in [0.2, 0.25) is 0 Å². The molecular formula is C31H28N2O7S. The summed E-state index contributed by atoms with van der Waals surface area (Å²) in [5, 5.41) is 11.9. The molecule has 1 aromatic heterocycles. The van der Waals surface area contributed by atoms with Crippen LogP contribution in [0.5, 0.6) is 23.0 Å². The van der Waals surface area contributed by atoms with Crippen LogP contribution in [0.1, 0.15) is 36.6 Å². The molecule has 1 fully saturated rings. The number of aliphatic hydroxyl groups excluding tert-OH is 1. The number of Topliss-reactive ketones (excluding diaryl/α,β-unsaturated/α-hetero) is 1. The molecule has 6 rings (SSSR count). The van der Waals surface area contributed by atoms with Gasteiger partial charge in [-0.2, -0.15) is 0 Å². The Hall–Kier alpha value is -4.57. The Morgan fingerprint density at radius 3 is 2.63 bits per heavy atom. The van der Waals surface area contributed by atoms with Crippen molar-refractivity contribution in [3.05, 3.63) is 76.9 Å². The first kappa shape index (κ1) is 26.6. The fourth-order valence-corrected chi connectivity index (χ4v) is 6.37. The van der Waals surface area contributed by atoms with E-state index in [4.69, 9.17) is 23.9 Å². The summed E-state index contributed by atoms with van der Waals surface area (Å²) in [4.78, 5) is 33.4. The lowest BCUT2D eigenvalue weighted by atomic mass is 9.94. The van der Waals surface area contributed by atoms with Gasteiger partial charge in [-0.05, 0) is 73.5 Å². The first-order chi connectivity index (χ1) is 19.8. The Bertz CT molecular complexity index is 1730. The minimum atomic E-state index is -0.967. The number of nitrogens with zero attached hydrogens (tertiary/aromatic N) is 2. The number of benzene rings is 3. The molecular weight excluding hydrogens is 544 g/mol. The molecule has 0 spiro atoms. The highest BCUT2D eigenvalue weighted by Gasteiger charge is 2.48. The van der Waals surface area contributed by atoms with Crippen molar-refractivity contribution in [2.75, 3.05) is 25.7 Å². The van der Waals surface area contributed by atoms with Crippen LogP contribution in [0.4, 0.5) is 5.13 Å². The number of rotatable bonds is 7. The van der Waals surface area contributed by atoms with Gasteiger partial charge in [0.1, 0.15) is 23.4 Å². The minimum absolute atomic E-state index is 0.0158. The van der Waals surface area contributed by atoms with Crippen LogP contribution in [0.15, 0.2) is 60.2 Å². The van der Waals surface area contributed by atoms with Gasteiger partial charge in [-0.15, -0.1) is 0 Å². The highest BCUT2D eigenvalue weighted by molar-refractivity contribution is 7.22. The summed E-state index contributed by atoms with van der Waals surface area (Å²) in [5.74, 6) is 0.479. The van der Waals surface area contributed by atoms with E-state index < -0.39 is 17.7 Å². The van der Waals surface area contributed by atoms with E-state index in [1.165, 1.54) is 30.5 Å². The SMILES string of the molecule is CCOc1ccc2nc(N3C(=O)C(=O)/C(=C(/O)c4ccc5c(c4)C[C@@H](C)O5)[C@@H]3c3ccc(OC)c(OC)c3)sc2c1. The molecule has 3 aromatic carbocycles. The number of carbonyl (C=O) groups excluding carboxylic acids is 2. The van der Waals surface area contributed by atoms with E-state index in [0.29, 0.717) is 52.1 Å². The predicted octanol–water partition coefficient (Wildman–Crippen LogP) is 5.66. The molecule has 0 radical (unpaired) electrons. The maximum absolute atomic E-state index is 13.7. The number of aromatic nitrogens is 1. The van der Waals surface area contributed by atoms with Crippen molar-refractivity contribution in [3.63, 3.8) is 0 Å². The van der Waals surface area contributed by atoms with Crippen LogP contribution in [0.2, 0.25) is 0 Å². The first-order valence-corrected chi connectivity index (χ1v) is 14.0. The number of aliphatic hydroxyl groups is 1. The first-order valence-electron chi connectivity index (χ1n) is 13.2. The second-order valence-corrected chi connectivity index (χ2v) is 10.8. The van der Waals surface area contributed by atoms with Crippen LogP contribution in [-0.2, 0) is 16.0 Å². The summed E-state index contributed by atoms with van der Waals surface area (Å²) < 4.78 is 23.2. The van der Waals surface area contributed by atoms with Crippen molar-refractivity contribution < 1.29 is 33.6 Å². The second kappa shape index (κ2) is 10.4. The van der Waals surface area contributed by atoms with Crippen molar-refractivity contribution in [2.24, 2.45) is 0 Å². The van der Waals surface area contributed by atoms with E-state index in [9.17, 15) is 14.7 Å². The molecule has 2 atom stereocenters. The Kier molecular flexibility index (Phi) is 6.78. The molecule has 1 saturated heterocycles. The maximum Gasteiger partial charge on any atom is 0.301 e. The van der Waals surface area contributed by atoms with Crippen LogP contribution in [0, 0.1) is 0 Å². The third kappa shape index (κ3) is 4.54. The van der Waals surface area contributed by atoms with Gasteiger partial charge in [0.05, 0.1) is 42.7 Å². The van der Waals surface area contributed by atoms with Crippen molar-refractivity contribution in [1.29, 1.82) is 0 Å². The van der Waals surface area contributed by atoms with Crippen LogP contribution in [0.3, 0.4) is 0 Å². The lowest BCUT2D eigenvalue weighted by molar-refractivity contribution is -0.132. The van der Waals surface area contributed by atoms with Crippen molar-refractivity contribution in [3.8, 4) is 23.0 Å². The smallest absolute Gasteiger partial charge is 0.301 e. The number of thiazole rings is 1. The number of ketones is 1. The maximum atomic E-state index is 13.7. The summed E-state index contributed by atoms with van der Waals surface area (Å²) in [6.45, 7) is 4.38. The number of carbonyl (C=O) groups is 2. The highest BCUT2D eigenvalue weighted by atomic mass is 32.1. The van der Waals surface area contributed by atoms with Crippen LogP contribution < -0.4 is 23.8 Å². The number of fused-ring (bicyclic) bond motifs is 2. The molecule has 0 unspecified atom stereocenters. The lowest BCUT2D eigenvalue weighted by Gasteiger charge is -2.23. The summed E-state index contributed by atoms with van der Waals surface area (Å²) in [5.41, 5.74) is 2.53. The molecule has 1 N–H and O–H groups in total. The van der Waals surface area contributed by atoms with Crippen LogP contribution >= 0.6 is 11.3 Å². The van der Waals surface area contributed by atoms with Gasteiger partial charge in [-0.3, -0.25) is 14.5 Å². The van der Waals surface area contributed by atoms with Gasteiger partial charge < -0.3 is 24.1 Å². The van der Waals surface area contributed by atoms with Gasteiger partial charge >= 0.3 is 5.91 Å². The fourth-order valence-electron chi connectivity index (χ4n) is 5.35. The molecule has 0 bridgehead atoms. The van der Waals surface area contributed by atoms with E-state index in [2.05, 4.69) is 0 Å². The van der Waals surface area contributed by atoms with Crippen LogP contribution in [0.25, 0.3) is 16.0 Å². The van der Waals surface area contributed by atoms with E-state index >= 15 is 0 Å². The standard InChI is InChI=1S/C31H28N2O7S/c1-5-39-20-8-9-21-25(15-20)41-31(32-21)33-27(17-6-11-23(37-3)24(14-17)38-4)26(29(35)30(33)36)28(34)18-7-10-22-19(13-18)12-16(2)40-22/h6-11,13-16,27,34H,5,12H2,1-4H3/b28-26+/t16-,27+/m1/s1. The zero-order valence-corrected chi connectivity index (χ0v) is 23.8. The quantitative estimate of drug-likeness (QED) is 0.172. The van der Waals surface area contributed by atoms with Gasteiger partial charge in [0.15, 0.2) is 16.6 Å². The van der Waals surface area contributed by atoms with E-state index in [1.807, 2.05) is 32.0 Å². The number of hydrogen-bond donors (Lipinski definition) is 1. The van der Waals surface area contributed by atoms with Crippen molar-refractivity contribution in [2.45, 2.75) is 32.4 Å². The van der Waals surface area contributed by atoms with E-state index in [1.54, 1.807) is 36.4 Å². The zero-order chi connectivity index (χ0) is 28.8. The number of methoxy groups -OCH3 is 2. The summed E-state index contributed by atoms with van der Waals surface area (Å²) in [6, 6.07) is 14.9. The monoisotopic (exact) mass is 572 g/mol. The second-order valence-electron chi connectivity index (χ2n) is 9.80. The number of hydrogen-bond acceptors (Lipinski definition) is 9. The fraction of sp³-hybridized carbons (Fsp3) is 0.258. The molecule has 4 aromatic rings. The van der Waals surface area contributed by atoms with Gasteiger partial charge in [-0.1, -0.05) is 17.4 Å². The van der Waals surface area contributed by atoms with Crippen LogP contribution in [-0.4, -0.2) is 48.7 Å². The average molecular weight is 573 g/mol. The topological polar surface area (TPSA) is 107 Å². The molecule has 3 heterocycles. The highest BCUT2D eigenvalue weighted by Crippen LogP contribution is 2.46. The Labute approximate surface area is 240 Å².